The molecule has 0 bridgehead atoms. The minimum Gasteiger partial charge on any atom is -0.496 e. The summed E-state index contributed by atoms with van der Waals surface area (Å²) in [4.78, 5) is 30.1. The molecule has 0 fully saturated rings. The molecule has 0 radical (unpaired) electrons. The van der Waals surface area contributed by atoms with Crippen LogP contribution in [0.5, 0.6) is 5.75 Å². The van der Waals surface area contributed by atoms with Crippen LogP contribution in [0, 0.1) is 5.82 Å². The summed E-state index contributed by atoms with van der Waals surface area (Å²) < 4.78 is 27.3. The topological polar surface area (TPSA) is 95.3 Å². The highest BCUT2D eigenvalue weighted by Gasteiger charge is 2.24. The Balaban J connectivity index is 1.85. The fourth-order valence-corrected chi connectivity index (χ4v) is 3.66. The summed E-state index contributed by atoms with van der Waals surface area (Å²) in [7, 11) is 1.43. The molecule has 0 aliphatic rings. The van der Waals surface area contributed by atoms with Gasteiger partial charge < -0.3 is 14.8 Å². The van der Waals surface area contributed by atoms with Crippen molar-refractivity contribution >= 4 is 44.7 Å². The van der Waals surface area contributed by atoms with Gasteiger partial charge in [-0.15, -0.1) is 5.10 Å². The molecule has 2 aromatic heterocycles. The summed E-state index contributed by atoms with van der Waals surface area (Å²) in [5.74, 6) is -0.583. The zero-order valence-corrected chi connectivity index (χ0v) is 21.0. The predicted molar refractivity (Wildman–Crippen MR) is 133 cm³/mol. The van der Waals surface area contributed by atoms with Crippen molar-refractivity contribution in [1.82, 2.24) is 14.8 Å². The largest absolute Gasteiger partial charge is 0.496 e. The van der Waals surface area contributed by atoms with E-state index in [0.717, 1.165) is 9.15 Å². The predicted octanol–water partition coefficient (Wildman–Crippen LogP) is 6.04. The number of hydrogen-bond donors (Lipinski definition) is 1. The van der Waals surface area contributed by atoms with Crippen molar-refractivity contribution in [2.24, 2.45) is 0 Å². The van der Waals surface area contributed by atoms with E-state index in [1.165, 1.54) is 25.4 Å². The molecule has 0 aliphatic carbocycles. The van der Waals surface area contributed by atoms with Gasteiger partial charge in [0.05, 0.1) is 24.6 Å². The number of anilines is 1. The van der Waals surface area contributed by atoms with Crippen molar-refractivity contribution in [1.29, 1.82) is 0 Å². The van der Waals surface area contributed by atoms with Crippen molar-refractivity contribution in [3.05, 3.63) is 70.6 Å². The number of amides is 1. The van der Waals surface area contributed by atoms with Crippen LogP contribution < -0.4 is 10.1 Å². The van der Waals surface area contributed by atoms with Crippen molar-refractivity contribution in [2.75, 3.05) is 12.4 Å². The average Bonchev–Trinajstić information content (AvgIpc) is 3.16. The number of halogens is 2. The maximum Gasteiger partial charge on any atom is 0.435 e. The second-order valence-electron chi connectivity index (χ2n) is 8.61. The monoisotopic (exact) mass is 540 g/mol. The molecule has 4 rings (SSSR count). The highest BCUT2D eigenvalue weighted by Crippen LogP contribution is 2.34. The molecule has 0 unspecified atom stereocenters. The number of nitrogens with one attached hydrogen (secondary N) is 1. The zero-order valence-electron chi connectivity index (χ0n) is 19.4. The minimum absolute atomic E-state index is 0.0951. The lowest BCUT2D eigenvalue weighted by atomic mass is 10.1. The zero-order chi connectivity index (χ0) is 25.3. The molecule has 4 aromatic rings. The van der Waals surface area contributed by atoms with Crippen molar-refractivity contribution in [3.63, 3.8) is 0 Å². The average molecular weight is 541 g/mol. The van der Waals surface area contributed by atoms with Gasteiger partial charge in [-0.3, -0.25) is 9.78 Å². The fraction of sp³-hybridized carbons (Fsp3) is 0.200. The minimum atomic E-state index is -0.774. The van der Waals surface area contributed by atoms with E-state index in [0.29, 0.717) is 10.9 Å². The number of pyridine rings is 1. The Morgan fingerprint density at radius 3 is 2.49 bits per heavy atom. The molecular formula is C25H22BrFN4O4. The molecule has 2 aromatic carbocycles. The SMILES string of the molecule is COc1cccc(F)c1-c1cc2c(NC(=O)c3ccc(Br)cc3)nn(C(=O)OC(C)(C)C)c2cn1. The van der Waals surface area contributed by atoms with E-state index in [2.05, 4.69) is 31.3 Å². The van der Waals surface area contributed by atoms with Crippen LogP contribution >= 0.6 is 15.9 Å². The van der Waals surface area contributed by atoms with E-state index < -0.39 is 23.4 Å². The third-order valence-electron chi connectivity index (χ3n) is 4.92. The number of ether oxygens (including phenoxy) is 2. The molecule has 0 saturated heterocycles. The quantitative estimate of drug-likeness (QED) is 0.338. The number of aromatic nitrogens is 3. The Kier molecular flexibility index (Phi) is 6.58. The number of carbonyl (C=O) groups excluding carboxylic acids is 2. The summed E-state index contributed by atoms with van der Waals surface area (Å²) in [5, 5.41) is 7.40. The molecule has 1 amide bonds. The summed E-state index contributed by atoms with van der Waals surface area (Å²) >= 11 is 3.34. The van der Waals surface area contributed by atoms with Crippen molar-refractivity contribution in [3.8, 4) is 17.0 Å². The van der Waals surface area contributed by atoms with E-state index >= 15 is 0 Å². The number of rotatable bonds is 4. The van der Waals surface area contributed by atoms with Gasteiger partial charge in [0.1, 0.15) is 22.7 Å². The molecule has 2 heterocycles. The molecule has 8 nitrogen and oxygen atoms in total. The third-order valence-corrected chi connectivity index (χ3v) is 5.45. The van der Waals surface area contributed by atoms with Crippen LogP contribution in [0.2, 0.25) is 0 Å². The Morgan fingerprint density at radius 1 is 1.11 bits per heavy atom. The summed E-state index contributed by atoms with van der Waals surface area (Å²) in [6.45, 7) is 5.19. The number of nitrogens with zero attached hydrogens (tertiary/aromatic N) is 3. The highest BCUT2D eigenvalue weighted by molar-refractivity contribution is 9.10. The molecular weight excluding hydrogens is 519 g/mol. The number of benzene rings is 2. The smallest absolute Gasteiger partial charge is 0.435 e. The lowest BCUT2D eigenvalue weighted by molar-refractivity contribution is 0.0522. The molecule has 0 atom stereocenters. The van der Waals surface area contributed by atoms with E-state index in [-0.39, 0.29) is 28.3 Å². The van der Waals surface area contributed by atoms with Crippen LogP contribution in [-0.4, -0.2) is 39.5 Å². The first-order chi connectivity index (χ1) is 16.6. The highest BCUT2D eigenvalue weighted by atomic mass is 79.9. The van der Waals surface area contributed by atoms with E-state index in [1.807, 2.05) is 0 Å². The maximum absolute atomic E-state index is 14.7. The summed E-state index contributed by atoms with van der Waals surface area (Å²) in [5.41, 5.74) is 0.287. The molecule has 180 valence electrons. The van der Waals surface area contributed by atoms with E-state index in [9.17, 15) is 14.0 Å². The second kappa shape index (κ2) is 9.46. The molecule has 10 heteroatoms. The van der Waals surface area contributed by atoms with Crippen molar-refractivity contribution < 1.29 is 23.5 Å². The van der Waals surface area contributed by atoms with Gasteiger partial charge in [-0.2, -0.15) is 4.68 Å². The van der Waals surface area contributed by atoms with Gasteiger partial charge in [0.25, 0.3) is 5.91 Å². The molecule has 0 saturated carbocycles. The van der Waals surface area contributed by atoms with Crippen LogP contribution in [0.4, 0.5) is 15.0 Å². The van der Waals surface area contributed by atoms with Gasteiger partial charge in [0, 0.05) is 15.4 Å². The number of carbonyl (C=O) groups is 2. The van der Waals surface area contributed by atoms with Gasteiger partial charge >= 0.3 is 6.09 Å². The van der Waals surface area contributed by atoms with Crippen LogP contribution in [0.3, 0.4) is 0 Å². The van der Waals surface area contributed by atoms with Gasteiger partial charge in [0.15, 0.2) is 5.82 Å². The second-order valence-corrected chi connectivity index (χ2v) is 9.52. The van der Waals surface area contributed by atoms with Gasteiger partial charge in [-0.1, -0.05) is 22.0 Å². The van der Waals surface area contributed by atoms with Crippen LogP contribution in [-0.2, 0) is 4.74 Å². The number of fused-ring (bicyclic) bond motifs is 1. The maximum atomic E-state index is 14.7. The van der Waals surface area contributed by atoms with E-state index in [4.69, 9.17) is 9.47 Å². The third kappa shape index (κ3) is 5.17. The van der Waals surface area contributed by atoms with Gasteiger partial charge in [-0.05, 0) is 63.2 Å². The Bertz CT molecular complexity index is 1430. The molecule has 1 N–H and O–H groups in total. The molecule has 0 spiro atoms. The van der Waals surface area contributed by atoms with Crippen LogP contribution in [0.25, 0.3) is 22.2 Å². The standard InChI is InChI=1S/C25H22BrFN4O4/c1-25(2,3)35-24(33)31-19-13-28-18(21-17(27)6-5-7-20(21)34-4)12-16(19)22(30-31)29-23(32)14-8-10-15(26)11-9-14/h5-13H,1-4H3,(H,29,30,32). The number of methoxy groups -OCH3 is 1. The number of hydrogen-bond acceptors (Lipinski definition) is 6. The Hall–Kier alpha value is -3.79. The summed E-state index contributed by atoms with van der Waals surface area (Å²) in [6, 6.07) is 12.7. The Labute approximate surface area is 209 Å². The van der Waals surface area contributed by atoms with Gasteiger partial charge in [0.2, 0.25) is 0 Å². The fourth-order valence-electron chi connectivity index (χ4n) is 3.39. The molecule has 35 heavy (non-hydrogen) atoms. The lowest BCUT2D eigenvalue weighted by Crippen LogP contribution is -2.27. The Morgan fingerprint density at radius 2 is 1.83 bits per heavy atom. The summed E-state index contributed by atoms with van der Waals surface area (Å²) in [6.07, 6.45) is 0.632. The van der Waals surface area contributed by atoms with Crippen molar-refractivity contribution in [2.45, 2.75) is 26.4 Å². The first-order valence-electron chi connectivity index (χ1n) is 10.6. The normalized spacial score (nSPS) is 11.4. The van der Waals surface area contributed by atoms with Crippen LogP contribution in [0.1, 0.15) is 31.1 Å². The lowest BCUT2D eigenvalue weighted by Gasteiger charge is -2.19. The van der Waals surface area contributed by atoms with Crippen LogP contribution in [0.15, 0.2) is 59.2 Å². The van der Waals surface area contributed by atoms with Gasteiger partial charge in [-0.25, -0.2) is 9.18 Å². The molecule has 0 aliphatic heterocycles. The first kappa shape index (κ1) is 24.3. The van der Waals surface area contributed by atoms with E-state index in [1.54, 1.807) is 57.2 Å². The first-order valence-corrected chi connectivity index (χ1v) is 11.4.